The van der Waals surface area contributed by atoms with Crippen molar-refractivity contribution in [3.63, 3.8) is 0 Å². The molecular formula is C30H33F3N4O3. The highest BCUT2D eigenvalue weighted by molar-refractivity contribution is 6.04. The fourth-order valence-electron chi connectivity index (χ4n) is 4.79. The van der Waals surface area contributed by atoms with Crippen LogP contribution in [0.2, 0.25) is 0 Å². The van der Waals surface area contributed by atoms with E-state index < -0.39 is 17.8 Å². The Hall–Kier alpha value is -4.05. The average Bonchev–Trinajstić information content (AvgIpc) is 2.94. The Morgan fingerprint density at radius 1 is 0.925 bits per heavy atom. The number of carbonyl (C=O) groups is 2. The quantitative estimate of drug-likeness (QED) is 0.276. The number of halogens is 3. The van der Waals surface area contributed by atoms with Gasteiger partial charge >= 0.3 is 12.2 Å². The Kier molecular flexibility index (Phi) is 9.65. The van der Waals surface area contributed by atoms with Crippen molar-refractivity contribution in [3.05, 3.63) is 89.5 Å². The zero-order valence-electron chi connectivity index (χ0n) is 22.3. The van der Waals surface area contributed by atoms with E-state index in [-0.39, 0.29) is 11.6 Å². The SMILES string of the molecule is COCCNC(=O)c1cc(NC(=O)Nc2ccc(C(F)(F)F)cc2)ccc1N1CCC(Cc2ccccc2)CC1. The van der Waals surface area contributed by atoms with E-state index in [1.54, 1.807) is 19.2 Å². The number of methoxy groups -OCH3 is 1. The van der Waals surface area contributed by atoms with E-state index in [1.807, 2.05) is 12.1 Å². The zero-order chi connectivity index (χ0) is 28.5. The molecule has 0 saturated carbocycles. The summed E-state index contributed by atoms with van der Waals surface area (Å²) in [5.41, 5.74) is 2.31. The number of urea groups is 1. The lowest BCUT2D eigenvalue weighted by atomic mass is 9.89. The highest BCUT2D eigenvalue weighted by Crippen LogP contribution is 2.31. The third-order valence-corrected chi connectivity index (χ3v) is 6.88. The van der Waals surface area contributed by atoms with Crippen LogP contribution >= 0.6 is 0 Å². The van der Waals surface area contributed by atoms with Crippen molar-refractivity contribution in [2.75, 3.05) is 48.9 Å². The van der Waals surface area contributed by atoms with E-state index in [4.69, 9.17) is 4.74 Å². The molecule has 1 saturated heterocycles. The molecule has 0 aromatic heterocycles. The highest BCUT2D eigenvalue weighted by atomic mass is 19.4. The molecule has 10 heteroatoms. The van der Waals surface area contributed by atoms with Crippen LogP contribution in [-0.2, 0) is 17.3 Å². The molecule has 1 fully saturated rings. The van der Waals surface area contributed by atoms with Gasteiger partial charge in [0.1, 0.15) is 0 Å². The fourth-order valence-corrected chi connectivity index (χ4v) is 4.79. The van der Waals surface area contributed by atoms with Crippen molar-refractivity contribution < 1.29 is 27.5 Å². The van der Waals surface area contributed by atoms with Crippen molar-refractivity contribution in [2.24, 2.45) is 5.92 Å². The van der Waals surface area contributed by atoms with Crippen molar-refractivity contribution in [1.82, 2.24) is 5.32 Å². The molecule has 4 rings (SSSR count). The number of nitrogens with one attached hydrogen (secondary N) is 3. The number of piperidine rings is 1. The molecule has 0 bridgehead atoms. The molecule has 0 spiro atoms. The summed E-state index contributed by atoms with van der Waals surface area (Å²) in [5.74, 6) is 0.276. The minimum Gasteiger partial charge on any atom is -0.383 e. The second kappa shape index (κ2) is 13.3. The first-order valence-electron chi connectivity index (χ1n) is 13.2. The number of rotatable bonds is 9. The predicted octanol–water partition coefficient (Wildman–Crippen LogP) is 6.18. The molecule has 3 amide bonds. The van der Waals surface area contributed by atoms with Gasteiger partial charge in [-0.2, -0.15) is 13.2 Å². The summed E-state index contributed by atoms with van der Waals surface area (Å²) >= 11 is 0. The summed E-state index contributed by atoms with van der Waals surface area (Å²) in [7, 11) is 1.55. The molecule has 1 aliphatic rings. The minimum absolute atomic E-state index is 0.207. The number of ether oxygens (including phenoxy) is 1. The Bertz CT molecular complexity index is 1280. The largest absolute Gasteiger partial charge is 0.416 e. The summed E-state index contributed by atoms with van der Waals surface area (Å²) < 4.78 is 43.4. The first-order chi connectivity index (χ1) is 19.2. The number of alkyl halides is 3. The van der Waals surface area contributed by atoms with Crippen LogP contribution in [-0.4, -0.2) is 45.3 Å². The predicted molar refractivity (Wildman–Crippen MR) is 150 cm³/mol. The summed E-state index contributed by atoms with van der Waals surface area (Å²) in [6, 6.07) is 19.1. The lowest BCUT2D eigenvalue weighted by Crippen LogP contribution is -2.36. The van der Waals surface area contributed by atoms with Gasteiger partial charge in [0.25, 0.3) is 5.91 Å². The van der Waals surface area contributed by atoms with Gasteiger partial charge in [-0.25, -0.2) is 4.79 Å². The number of benzene rings is 3. The van der Waals surface area contributed by atoms with E-state index in [0.29, 0.717) is 30.3 Å². The smallest absolute Gasteiger partial charge is 0.383 e. The van der Waals surface area contributed by atoms with Crippen molar-refractivity contribution in [1.29, 1.82) is 0 Å². The number of hydrogen-bond acceptors (Lipinski definition) is 4. The van der Waals surface area contributed by atoms with Gasteiger partial charge in [-0.05, 0) is 73.2 Å². The van der Waals surface area contributed by atoms with Gasteiger partial charge in [-0.1, -0.05) is 30.3 Å². The molecule has 7 nitrogen and oxygen atoms in total. The first-order valence-corrected chi connectivity index (χ1v) is 13.2. The Morgan fingerprint density at radius 2 is 1.57 bits per heavy atom. The summed E-state index contributed by atoms with van der Waals surface area (Å²) in [4.78, 5) is 27.9. The molecule has 0 unspecified atom stereocenters. The van der Waals surface area contributed by atoms with E-state index in [0.717, 1.165) is 50.2 Å². The molecule has 0 aliphatic carbocycles. The lowest BCUT2D eigenvalue weighted by Gasteiger charge is -2.35. The van der Waals surface area contributed by atoms with Gasteiger partial charge < -0.3 is 25.6 Å². The monoisotopic (exact) mass is 554 g/mol. The van der Waals surface area contributed by atoms with Gasteiger partial charge in [0.15, 0.2) is 0 Å². The van der Waals surface area contributed by atoms with Crippen molar-refractivity contribution in [3.8, 4) is 0 Å². The Morgan fingerprint density at radius 3 is 2.23 bits per heavy atom. The maximum absolute atomic E-state index is 13.1. The maximum atomic E-state index is 13.1. The minimum atomic E-state index is -4.46. The molecule has 3 aromatic rings. The maximum Gasteiger partial charge on any atom is 0.416 e. The zero-order valence-corrected chi connectivity index (χ0v) is 22.3. The van der Waals surface area contributed by atoms with Crippen molar-refractivity contribution in [2.45, 2.75) is 25.4 Å². The molecule has 212 valence electrons. The first kappa shape index (κ1) is 28.9. The van der Waals surface area contributed by atoms with Crippen LogP contribution in [0, 0.1) is 5.92 Å². The average molecular weight is 555 g/mol. The van der Waals surface area contributed by atoms with Crippen LogP contribution in [0.5, 0.6) is 0 Å². The lowest BCUT2D eigenvalue weighted by molar-refractivity contribution is -0.137. The van der Waals surface area contributed by atoms with E-state index in [2.05, 4.69) is 45.1 Å². The number of hydrogen-bond donors (Lipinski definition) is 3. The normalized spacial score (nSPS) is 14.1. The Balaban J connectivity index is 1.44. The van der Waals surface area contributed by atoms with Crippen LogP contribution in [0.4, 0.5) is 35.0 Å². The van der Waals surface area contributed by atoms with E-state index in [1.165, 1.54) is 17.7 Å². The number of amides is 3. The van der Waals surface area contributed by atoms with Crippen LogP contribution in [0.25, 0.3) is 0 Å². The summed E-state index contributed by atoms with van der Waals surface area (Å²) in [6.07, 6.45) is -1.44. The summed E-state index contributed by atoms with van der Waals surface area (Å²) in [6.45, 7) is 2.30. The molecule has 3 aromatic carbocycles. The molecule has 40 heavy (non-hydrogen) atoms. The van der Waals surface area contributed by atoms with Crippen LogP contribution in [0.1, 0.15) is 34.3 Å². The van der Waals surface area contributed by atoms with Gasteiger partial charge in [0, 0.05) is 43.8 Å². The Labute approximate surface area is 231 Å². The number of nitrogens with zero attached hydrogens (tertiary/aromatic N) is 1. The van der Waals surface area contributed by atoms with Gasteiger partial charge in [0.2, 0.25) is 0 Å². The molecule has 3 N–H and O–H groups in total. The van der Waals surface area contributed by atoms with Gasteiger partial charge in [-0.3, -0.25) is 4.79 Å². The molecular weight excluding hydrogens is 521 g/mol. The van der Waals surface area contributed by atoms with E-state index >= 15 is 0 Å². The third-order valence-electron chi connectivity index (χ3n) is 6.88. The molecule has 0 atom stereocenters. The second-order valence-electron chi connectivity index (χ2n) is 9.76. The van der Waals surface area contributed by atoms with Crippen molar-refractivity contribution >= 4 is 29.0 Å². The summed E-state index contributed by atoms with van der Waals surface area (Å²) in [5, 5.41) is 8.03. The molecule has 1 aliphatic heterocycles. The highest BCUT2D eigenvalue weighted by Gasteiger charge is 2.30. The second-order valence-corrected chi connectivity index (χ2v) is 9.76. The number of anilines is 3. The van der Waals surface area contributed by atoms with Gasteiger partial charge in [0.05, 0.1) is 17.7 Å². The molecule has 1 heterocycles. The van der Waals surface area contributed by atoms with Crippen LogP contribution in [0.15, 0.2) is 72.8 Å². The van der Waals surface area contributed by atoms with Crippen LogP contribution in [0.3, 0.4) is 0 Å². The third kappa shape index (κ3) is 7.98. The number of carbonyl (C=O) groups excluding carboxylic acids is 2. The van der Waals surface area contributed by atoms with Gasteiger partial charge in [-0.15, -0.1) is 0 Å². The topological polar surface area (TPSA) is 82.7 Å². The molecule has 0 radical (unpaired) electrons. The standard InChI is InChI=1S/C30H33F3N4O3/c1-40-18-15-34-28(38)26-20-25(36-29(39)35-24-9-7-23(8-10-24)30(31,32)33)11-12-27(26)37-16-13-22(14-17-37)19-21-5-3-2-4-6-21/h2-12,20,22H,13-19H2,1H3,(H,34,38)(H2,35,36,39). The van der Waals surface area contributed by atoms with E-state index in [9.17, 15) is 22.8 Å². The fraction of sp³-hybridized carbons (Fsp3) is 0.333. The van der Waals surface area contributed by atoms with Crippen LogP contribution < -0.4 is 20.9 Å².